The number of amides is 1. The van der Waals surface area contributed by atoms with Crippen molar-refractivity contribution in [3.8, 4) is 5.75 Å². The second kappa shape index (κ2) is 5.16. The lowest BCUT2D eigenvalue weighted by atomic mass is 10.1. The molecule has 18 heavy (non-hydrogen) atoms. The molecule has 1 atom stereocenters. The summed E-state index contributed by atoms with van der Waals surface area (Å²) in [5, 5.41) is 0. The highest BCUT2D eigenvalue weighted by molar-refractivity contribution is 5.96. The molecule has 1 fully saturated rings. The van der Waals surface area contributed by atoms with Gasteiger partial charge in [-0.1, -0.05) is 6.08 Å². The van der Waals surface area contributed by atoms with Crippen molar-refractivity contribution in [3.05, 3.63) is 36.9 Å². The molecule has 1 unspecified atom stereocenters. The van der Waals surface area contributed by atoms with Crippen LogP contribution in [0.5, 0.6) is 5.75 Å². The summed E-state index contributed by atoms with van der Waals surface area (Å²) in [6.07, 6.45) is 2.20. The molecular weight excluding hydrogens is 240 g/mol. The van der Waals surface area contributed by atoms with Crippen LogP contribution in [-0.4, -0.2) is 19.1 Å². The molecule has 5 heteroatoms. The molecule has 0 aliphatic carbocycles. The summed E-state index contributed by atoms with van der Waals surface area (Å²) in [5.74, 6) is 0.248. The molecule has 0 radical (unpaired) electrons. The lowest BCUT2D eigenvalue weighted by molar-refractivity contribution is -0.117. The van der Waals surface area contributed by atoms with Gasteiger partial charge in [-0.25, -0.2) is 0 Å². The third kappa shape index (κ3) is 2.67. The minimum atomic E-state index is -2.84. The van der Waals surface area contributed by atoms with Crippen LogP contribution in [0.15, 0.2) is 36.9 Å². The van der Waals surface area contributed by atoms with Gasteiger partial charge in [-0.3, -0.25) is 4.79 Å². The Labute approximate surface area is 104 Å². The Morgan fingerprint density at radius 1 is 1.39 bits per heavy atom. The van der Waals surface area contributed by atoms with E-state index in [9.17, 15) is 13.6 Å². The number of hydrogen-bond donors (Lipinski definition) is 0. The monoisotopic (exact) mass is 253 g/mol. The number of carbonyl (C=O) groups excluding carboxylic acids is 1. The quantitative estimate of drug-likeness (QED) is 0.772. The van der Waals surface area contributed by atoms with Gasteiger partial charge in [0, 0.05) is 24.6 Å². The average molecular weight is 253 g/mol. The highest BCUT2D eigenvalue weighted by atomic mass is 19.3. The molecule has 1 saturated heterocycles. The first-order valence-corrected chi connectivity index (χ1v) is 5.58. The van der Waals surface area contributed by atoms with Crippen molar-refractivity contribution in [2.24, 2.45) is 5.92 Å². The lowest BCUT2D eigenvalue weighted by Crippen LogP contribution is -2.24. The van der Waals surface area contributed by atoms with E-state index in [0.29, 0.717) is 18.7 Å². The molecule has 1 aliphatic heterocycles. The van der Waals surface area contributed by atoms with E-state index in [2.05, 4.69) is 11.3 Å². The highest BCUT2D eigenvalue weighted by Gasteiger charge is 2.28. The number of ether oxygens (including phenoxy) is 1. The third-order valence-corrected chi connectivity index (χ3v) is 2.86. The first-order chi connectivity index (χ1) is 8.60. The van der Waals surface area contributed by atoms with E-state index in [4.69, 9.17) is 0 Å². The molecule has 1 amide bonds. The van der Waals surface area contributed by atoms with Crippen LogP contribution < -0.4 is 9.64 Å². The summed E-state index contributed by atoms with van der Waals surface area (Å²) in [7, 11) is 0. The van der Waals surface area contributed by atoms with Gasteiger partial charge >= 0.3 is 6.61 Å². The fraction of sp³-hybridized carbons (Fsp3) is 0.308. The smallest absolute Gasteiger partial charge is 0.387 e. The SMILES string of the molecule is C=CC1CC(=O)N(c2ccc(OC(F)F)cc2)C1. The van der Waals surface area contributed by atoms with Crippen molar-refractivity contribution in [2.45, 2.75) is 13.0 Å². The minimum Gasteiger partial charge on any atom is -0.435 e. The van der Waals surface area contributed by atoms with Crippen molar-refractivity contribution in [1.82, 2.24) is 0 Å². The van der Waals surface area contributed by atoms with E-state index < -0.39 is 6.61 Å². The van der Waals surface area contributed by atoms with Crippen LogP contribution in [0.1, 0.15) is 6.42 Å². The molecule has 0 bridgehead atoms. The van der Waals surface area contributed by atoms with Crippen molar-refractivity contribution >= 4 is 11.6 Å². The van der Waals surface area contributed by atoms with Gasteiger partial charge in [0.1, 0.15) is 5.75 Å². The Bertz CT molecular complexity index is 445. The van der Waals surface area contributed by atoms with Crippen LogP contribution in [-0.2, 0) is 4.79 Å². The normalized spacial score (nSPS) is 19.4. The maximum Gasteiger partial charge on any atom is 0.387 e. The van der Waals surface area contributed by atoms with Crippen LogP contribution >= 0.6 is 0 Å². The number of anilines is 1. The fourth-order valence-electron chi connectivity index (χ4n) is 1.95. The van der Waals surface area contributed by atoms with Gasteiger partial charge in [0.15, 0.2) is 0 Å². The van der Waals surface area contributed by atoms with Gasteiger partial charge in [-0.05, 0) is 24.3 Å². The first kappa shape index (κ1) is 12.5. The third-order valence-electron chi connectivity index (χ3n) is 2.86. The Kier molecular flexibility index (Phi) is 3.60. The maximum absolute atomic E-state index is 12.0. The summed E-state index contributed by atoms with van der Waals surface area (Å²) in [5.41, 5.74) is 0.686. The van der Waals surface area contributed by atoms with Gasteiger partial charge in [-0.2, -0.15) is 8.78 Å². The number of rotatable bonds is 4. The molecule has 1 aliphatic rings. The molecule has 1 aromatic carbocycles. The number of halogens is 2. The first-order valence-electron chi connectivity index (χ1n) is 5.58. The average Bonchev–Trinajstić information content (AvgIpc) is 2.71. The van der Waals surface area contributed by atoms with E-state index in [-0.39, 0.29) is 17.6 Å². The summed E-state index contributed by atoms with van der Waals surface area (Å²) >= 11 is 0. The molecule has 1 heterocycles. The Morgan fingerprint density at radius 3 is 2.56 bits per heavy atom. The molecule has 0 aromatic heterocycles. The van der Waals surface area contributed by atoms with Gasteiger partial charge in [0.25, 0.3) is 0 Å². The molecule has 0 N–H and O–H groups in total. The van der Waals surface area contributed by atoms with E-state index in [1.165, 1.54) is 12.1 Å². The maximum atomic E-state index is 12.0. The zero-order valence-electron chi connectivity index (χ0n) is 9.68. The Hall–Kier alpha value is -1.91. The largest absolute Gasteiger partial charge is 0.435 e. The van der Waals surface area contributed by atoms with Crippen molar-refractivity contribution in [1.29, 1.82) is 0 Å². The van der Waals surface area contributed by atoms with Crippen molar-refractivity contribution < 1.29 is 18.3 Å². The van der Waals surface area contributed by atoms with Crippen molar-refractivity contribution in [2.75, 3.05) is 11.4 Å². The molecule has 3 nitrogen and oxygen atoms in total. The van der Waals surface area contributed by atoms with Crippen molar-refractivity contribution in [3.63, 3.8) is 0 Å². The molecular formula is C13H13F2NO2. The molecule has 96 valence electrons. The van der Waals surface area contributed by atoms with E-state index in [1.54, 1.807) is 23.1 Å². The summed E-state index contributed by atoms with van der Waals surface area (Å²) < 4.78 is 28.2. The molecule has 0 spiro atoms. The van der Waals surface area contributed by atoms with Gasteiger partial charge < -0.3 is 9.64 Å². The molecule has 0 saturated carbocycles. The van der Waals surface area contributed by atoms with Crippen LogP contribution in [0.2, 0.25) is 0 Å². The molecule has 2 rings (SSSR count). The number of carbonyl (C=O) groups is 1. The van der Waals surface area contributed by atoms with E-state index in [1.807, 2.05) is 0 Å². The number of alkyl halides is 2. The zero-order valence-corrected chi connectivity index (χ0v) is 9.68. The second-order valence-electron chi connectivity index (χ2n) is 4.08. The Balaban J connectivity index is 2.10. The predicted octanol–water partition coefficient (Wildman–Crippen LogP) is 2.83. The number of benzene rings is 1. The second-order valence-corrected chi connectivity index (χ2v) is 4.08. The lowest BCUT2D eigenvalue weighted by Gasteiger charge is -2.16. The predicted molar refractivity (Wildman–Crippen MR) is 63.7 cm³/mol. The number of hydrogen-bond acceptors (Lipinski definition) is 2. The van der Waals surface area contributed by atoms with Crippen LogP contribution in [0.4, 0.5) is 14.5 Å². The Morgan fingerprint density at radius 2 is 2.06 bits per heavy atom. The van der Waals surface area contributed by atoms with E-state index >= 15 is 0 Å². The van der Waals surface area contributed by atoms with Crippen LogP contribution in [0.25, 0.3) is 0 Å². The van der Waals surface area contributed by atoms with Crippen LogP contribution in [0, 0.1) is 5.92 Å². The summed E-state index contributed by atoms with van der Waals surface area (Å²) in [6.45, 7) is 1.41. The fourth-order valence-corrected chi connectivity index (χ4v) is 1.95. The van der Waals surface area contributed by atoms with Crippen LogP contribution in [0.3, 0.4) is 0 Å². The summed E-state index contributed by atoms with van der Waals surface area (Å²) in [6, 6.07) is 6.05. The van der Waals surface area contributed by atoms with Gasteiger partial charge in [-0.15, -0.1) is 6.58 Å². The van der Waals surface area contributed by atoms with E-state index in [0.717, 1.165) is 0 Å². The zero-order chi connectivity index (χ0) is 13.1. The topological polar surface area (TPSA) is 29.5 Å². The van der Waals surface area contributed by atoms with Gasteiger partial charge in [0.2, 0.25) is 5.91 Å². The highest BCUT2D eigenvalue weighted by Crippen LogP contribution is 2.27. The standard InChI is InChI=1S/C13H13F2NO2/c1-2-9-7-12(17)16(8-9)10-3-5-11(6-4-10)18-13(14)15/h2-6,9,13H,1,7-8H2. The summed E-state index contributed by atoms with van der Waals surface area (Å²) in [4.78, 5) is 13.4. The molecule has 1 aromatic rings. The minimum absolute atomic E-state index is 0.0161. The van der Waals surface area contributed by atoms with Gasteiger partial charge in [0.05, 0.1) is 0 Å². The number of nitrogens with zero attached hydrogens (tertiary/aromatic N) is 1.